The monoisotopic (exact) mass is 465 g/mol. The van der Waals surface area contributed by atoms with Crippen molar-refractivity contribution in [3.8, 4) is 0 Å². The predicted octanol–water partition coefficient (Wildman–Crippen LogP) is 3.99. The number of halogens is 1. The number of rotatable bonds is 8. The zero-order chi connectivity index (χ0) is 23.0. The fourth-order valence-corrected chi connectivity index (χ4v) is 7.57. The molecule has 0 aliphatic heterocycles. The van der Waals surface area contributed by atoms with Crippen LogP contribution in [0.3, 0.4) is 0 Å². The molecule has 31 heavy (non-hydrogen) atoms. The molecule has 1 aromatic carbocycles. The largest absolute Gasteiger partial charge is 0.311 e. The van der Waals surface area contributed by atoms with Crippen LogP contribution in [0.25, 0.3) is 5.52 Å². The number of pyridine rings is 1. The summed E-state index contributed by atoms with van der Waals surface area (Å²) < 4.78 is 67.6. The number of nitrogens with zero attached hydrogens (tertiary/aromatic N) is 1. The lowest BCUT2D eigenvalue weighted by atomic mass is 10.1. The summed E-state index contributed by atoms with van der Waals surface area (Å²) in [5.41, 5.74) is 0.678. The highest BCUT2D eigenvalue weighted by molar-refractivity contribution is 7.94. The van der Waals surface area contributed by atoms with E-state index in [9.17, 15) is 26.0 Å². The fraction of sp³-hybridized carbons (Fsp3) is 0.318. The molecule has 0 aliphatic rings. The van der Waals surface area contributed by atoms with Gasteiger partial charge in [-0.1, -0.05) is 19.9 Å². The van der Waals surface area contributed by atoms with Gasteiger partial charge in [0, 0.05) is 11.8 Å². The number of ketones is 1. The van der Waals surface area contributed by atoms with Crippen LogP contribution in [0.4, 0.5) is 4.39 Å². The maximum absolute atomic E-state index is 13.5. The van der Waals surface area contributed by atoms with Crippen molar-refractivity contribution < 1.29 is 26.0 Å². The first-order valence-electron chi connectivity index (χ1n) is 9.94. The first-order valence-corrected chi connectivity index (χ1v) is 13.2. The van der Waals surface area contributed by atoms with E-state index in [1.807, 2.05) is 0 Å². The van der Waals surface area contributed by atoms with Gasteiger partial charge >= 0.3 is 0 Å². The quantitative estimate of drug-likeness (QED) is 0.469. The molecule has 2 aromatic heterocycles. The van der Waals surface area contributed by atoms with E-state index in [0.717, 1.165) is 17.7 Å². The normalized spacial score (nSPS) is 12.4. The van der Waals surface area contributed by atoms with Gasteiger partial charge in [-0.05, 0) is 55.7 Å². The molecular weight excluding hydrogens is 441 g/mol. The second kappa shape index (κ2) is 8.55. The lowest BCUT2D eigenvalue weighted by Crippen LogP contribution is -2.17. The number of carbonyl (C=O) groups excluding carboxylic acids is 1. The standard InChI is InChI=1S/C22H24FNO5S2/c1-4-12-30(26,27)21-18-11-6-15(3)14-24(18)19(22(21)31(28,29)13-5-2)20(25)16-7-9-17(23)10-8-16/h6-11,14H,4-5,12-13H2,1-3H3. The summed E-state index contributed by atoms with van der Waals surface area (Å²) in [7, 11) is -8.10. The maximum Gasteiger partial charge on any atom is 0.211 e. The lowest BCUT2D eigenvalue weighted by molar-refractivity contribution is 0.103. The van der Waals surface area contributed by atoms with Gasteiger partial charge in [0.1, 0.15) is 21.3 Å². The summed E-state index contributed by atoms with van der Waals surface area (Å²) in [6.07, 6.45) is 2.09. The van der Waals surface area contributed by atoms with E-state index in [1.165, 1.54) is 22.6 Å². The summed E-state index contributed by atoms with van der Waals surface area (Å²) in [5.74, 6) is -1.79. The van der Waals surface area contributed by atoms with Crippen molar-refractivity contribution in [3.05, 3.63) is 65.2 Å². The molecule has 0 atom stereocenters. The van der Waals surface area contributed by atoms with Gasteiger partial charge in [-0.15, -0.1) is 0 Å². The number of aromatic nitrogens is 1. The number of hydrogen-bond acceptors (Lipinski definition) is 5. The molecule has 2 heterocycles. The molecule has 0 bridgehead atoms. The van der Waals surface area contributed by atoms with Gasteiger partial charge in [-0.3, -0.25) is 4.79 Å². The second-order valence-corrected chi connectivity index (χ2v) is 11.5. The van der Waals surface area contributed by atoms with E-state index >= 15 is 0 Å². The molecule has 3 rings (SSSR count). The van der Waals surface area contributed by atoms with Crippen LogP contribution < -0.4 is 0 Å². The Hall–Kier alpha value is -2.52. The average molecular weight is 466 g/mol. The van der Waals surface area contributed by atoms with Crippen molar-refractivity contribution in [2.75, 3.05) is 11.5 Å². The number of sulfone groups is 2. The molecule has 0 fully saturated rings. The molecular formula is C22H24FNO5S2. The van der Waals surface area contributed by atoms with E-state index in [-0.39, 0.29) is 39.6 Å². The Morgan fingerprint density at radius 3 is 1.97 bits per heavy atom. The molecule has 6 nitrogen and oxygen atoms in total. The van der Waals surface area contributed by atoms with Crippen molar-refractivity contribution in [2.45, 2.75) is 43.4 Å². The van der Waals surface area contributed by atoms with Crippen LogP contribution >= 0.6 is 0 Å². The van der Waals surface area contributed by atoms with Gasteiger partial charge in [-0.2, -0.15) is 0 Å². The summed E-state index contributed by atoms with van der Waals surface area (Å²) >= 11 is 0. The highest BCUT2D eigenvalue weighted by Gasteiger charge is 2.37. The fourth-order valence-electron chi connectivity index (χ4n) is 3.59. The Bertz CT molecular complexity index is 1360. The first-order chi connectivity index (χ1) is 14.5. The number of aryl methyl sites for hydroxylation is 1. The topological polar surface area (TPSA) is 89.8 Å². The Labute approximate surface area is 181 Å². The molecule has 0 saturated carbocycles. The highest BCUT2D eigenvalue weighted by atomic mass is 32.2. The smallest absolute Gasteiger partial charge is 0.211 e. The molecule has 166 valence electrons. The van der Waals surface area contributed by atoms with E-state index in [0.29, 0.717) is 6.42 Å². The van der Waals surface area contributed by atoms with Crippen LogP contribution in [-0.2, 0) is 19.7 Å². The molecule has 0 N–H and O–H groups in total. The Kier molecular flexibility index (Phi) is 6.38. The third-order valence-corrected chi connectivity index (χ3v) is 8.96. The van der Waals surface area contributed by atoms with Crippen molar-refractivity contribution >= 4 is 31.0 Å². The third-order valence-electron chi connectivity index (χ3n) is 4.88. The SMILES string of the molecule is CCCS(=O)(=O)c1c(S(=O)(=O)CCC)c2ccc(C)cn2c1C(=O)c1ccc(F)cc1. The zero-order valence-corrected chi connectivity index (χ0v) is 19.2. The minimum absolute atomic E-state index is 0.0645. The number of fused-ring (bicyclic) bond motifs is 1. The summed E-state index contributed by atoms with van der Waals surface area (Å²) in [5, 5.41) is 0. The van der Waals surface area contributed by atoms with Gasteiger partial charge in [-0.25, -0.2) is 21.2 Å². The van der Waals surface area contributed by atoms with Crippen molar-refractivity contribution in [1.82, 2.24) is 4.40 Å². The van der Waals surface area contributed by atoms with Crippen molar-refractivity contribution in [1.29, 1.82) is 0 Å². The van der Waals surface area contributed by atoms with Gasteiger partial charge in [0.25, 0.3) is 0 Å². The molecule has 3 aromatic rings. The van der Waals surface area contributed by atoms with Crippen LogP contribution in [0.15, 0.2) is 52.4 Å². The Balaban J connectivity index is 2.51. The van der Waals surface area contributed by atoms with Crippen molar-refractivity contribution in [3.63, 3.8) is 0 Å². The van der Waals surface area contributed by atoms with E-state index in [2.05, 4.69) is 0 Å². The van der Waals surface area contributed by atoms with Gasteiger partial charge < -0.3 is 4.40 Å². The molecule has 0 aliphatic carbocycles. The zero-order valence-electron chi connectivity index (χ0n) is 17.6. The Morgan fingerprint density at radius 1 is 0.871 bits per heavy atom. The molecule has 0 spiro atoms. The van der Waals surface area contributed by atoms with Crippen LogP contribution in [0.5, 0.6) is 0 Å². The predicted molar refractivity (Wildman–Crippen MR) is 117 cm³/mol. The molecule has 9 heteroatoms. The van der Waals surface area contributed by atoms with Crippen LogP contribution in [-0.4, -0.2) is 38.5 Å². The van der Waals surface area contributed by atoms with Gasteiger partial charge in [0.2, 0.25) is 5.78 Å². The van der Waals surface area contributed by atoms with E-state index < -0.39 is 36.2 Å². The Morgan fingerprint density at radius 2 is 1.42 bits per heavy atom. The van der Waals surface area contributed by atoms with Crippen LogP contribution in [0.1, 0.15) is 48.3 Å². The first kappa shape index (κ1) is 23.1. The molecule has 0 saturated heterocycles. The highest BCUT2D eigenvalue weighted by Crippen LogP contribution is 2.35. The number of carbonyl (C=O) groups is 1. The average Bonchev–Trinajstić information content (AvgIpc) is 3.04. The summed E-state index contributed by atoms with van der Waals surface area (Å²) in [6, 6.07) is 7.89. The minimum atomic E-state index is -4.10. The molecule has 0 amide bonds. The lowest BCUT2D eigenvalue weighted by Gasteiger charge is -2.09. The third kappa shape index (κ3) is 4.29. The van der Waals surface area contributed by atoms with E-state index in [1.54, 1.807) is 33.0 Å². The number of hydrogen-bond donors (Lipinski definition) is 0. The molecule has 0 radical (unpaired) electrons. The van der Waals surface area contributed by atoms with E-state index in [4.69, 9.17) is 0 Å². The maximum atomic E-state index is 13.5. The van der Waals surface area contributed by atoms with Crippen LogP contribution in [0.2, 0.25) is 0 Å². The summed E-state index contributed by atoms with van der Waals surface area (Å²) in [6.45, 7) is 5.11. The van der Waals surface area contributed by atoms with Crippen molar-refractivity contribution in [2.24, 2.45) is 0 Å². The second-order valence-electron chi connectivity index (χ2n) is 7.44. The molecule has 0 unspecified atom stereocenters. The minimum Gasteiger partial charge on any atom is -0.311 e. The van der Waals surface area contributed by atoms with Gasteiger partial charge in [0.15, 0.2) is 19.7 Å². The summed E-state index contributed by atoms with van der Waals surface area (Å²) in [4.78, 5) is 12.6. The van der Waals surface area contributed by atoms with Gasteiger partial charge in [0.05, 0.1) is 17.0 Å². The number of benzene rings is 1. The van der Waals surface area contributed by atoms with Crippen LogP contribution in [0, 0.1) is 12.7 Å².